The Morgan fingerprint density at radius 2 is 2.27 bits per heavy atom. The molecule has 0 atom stereocenters. The Morgan fingerprint density at radius 1 is 1.53 bits per heavy atom. The molecule has 1 heterocycles. The molecule has 7 heteroatoms. The lowest BCUT2D eigenvalue weighted by atomic mass is 10.3. The zero-order valence-corrected chi connectivity index (χ0v) is 9.01. The second-order valence-corrected chi connectivity index (χ2v) is 4.14. The van der Waals surface area contributed by atoms with Crippen LogP contribution in [0.3, 0.4) is 0 Å². The number of rotatable bonds is 5. The standard InChI is InChI=1S/C8H13N3O3S/c9-6(12)5-10-7(13)1-2-11-3-4-15-8(11)14/h1-5H2,(H2,9,12)(H,10,13). The molecule has 0 bridgehead atoms. The monoisotopic (exact) mass is 231 g/mol. The molecule has 3 amide bonds. The van der Waals surface area contributed by atoms with Crippen molar-refractivity contribution < 1.29 is 14.4 Å². The summed E-state index contributed by atoms with van der Waals surface area (Å²) >= 11 is 1.26. The highest BCUT2D eigenvalue weighted by Crippen LogP contribution is 2.16. The van der Waals surface area contributed by atoms with Gasteiger partial charge in [0.05, 0.1) is 6.54 Å². The molecule has 1 rings (SSSR count). The highest BCUT2D eigenvalue weighted by atomic mass is 32.2. The van der Waals surface area contributed by atoms with Gasteiger partial charge in [0.25, 0.3) is 5.24 Å². The molecule has 0 aliphatic carbocycles. The van der Waals surface area contributed by atoms with Crippen LogP contribution < -0.4 is 11.1 Å². The van der Waals surface area contributed by atoms with Gasteiger partial charge in [-0.3, -0.25) is 14.4 Å². The highest BCUT2D eigenvalue weighted by molar-refractivity contribution is 8.13. The van der Waals surface area contributed by atoms with E-state index in [0.717, 1.165) is 5.75 Å². The summed E-state index contributed by atoms with van der Waals surface area (Å²) in [4.78, 5) is 34.3. The summed E-state index contributed by atoms with van der Waals surface area (Å²) in [6.07, 6.45) is 0.208. The predicted molar refractivity (Wildman–Crippen MR) is 56.2 cm³/mol. The molecular formula is C8H13N3O3S. The number of primary amides is 1. The lowest BCUT2D eigenvalue weighted by molar-refractivity contribution is -0.124. The van der Waals surface area contributed by atoms with Gasteiger partial charge in [0.15, 0.2) is 0 Å². The zero-order chi connectivity index (χ0) is 11.3. The molecule has 0 unspecified atom stereocenters. The van der Waals surface area contributed by atoms with Gasteiger partial charge >= 0.3 is 0 Å². The first kappa shape index (κ1) is 11.8. The Labute approximate surface area is 91.5 Å². The van der Waals surface area contributed by atoms with E-state index in [1.165, 1.54) is 11.8 Å². The van der Waals surface area contributed by atoms with Gasteiger partial charge in [0.2, 0.25) is 11.8 Å². The highest BCUT2D eigenvalue weighted by Gasteiger charge is 2.21. The van der Waals surface area contributed by atoms with Gasteiger partial charge in [0, 0.05) is 25.3 Å². The third-order valence-corrected chi connectivity index (χ3v) is 2.81. The molecule has 3 N–H and O–H groups in total. The van der Waals surface area contributed by atoms with Crippen molar-refractivity contribution in [2.45, 2.75) is 6.42 Å². The molecule has 0 spiro atoms. The minimum absolute atomic E-state index is 0.0118. The van der Waals surface area contributed by atoms with Gasteiger partial charge < -0.3 is 16.0 Å². The van der Waals surface area contributed by atoms with Crippen LogP contribution in [0, 0.1) is 0 Å². The predicted octanol–water partition coefficient (Wildman–Crippen LogP) is -0.853. The van der Waals surface area contributed by atoms with Crippen LogP contribution in [0.5, 0.6) is 0 Å². The van der Waals surface area contributed by atoms with Gasteiger partial charge in [-0.25, -0.2) is 0 Å². The Kier molecular flexibility index (Phi) is 4.41. The minimum atomic E-state index is -0.573. The second kappa shape index (κ2) is 5.59. The fourth-order valence-electron chi connectivity index (χ4n) is 1.14. The smallest absolute Gasteiger partial charge is 0.281 e. The number of thioether (sulfide) groups is 1. The van der Waals surface area contributed by atoms with Crippen LogP contribution in [0.4, 0.5) is 4.79 Å². The van der Waals surface area contributed by atoms with Gasteiger partial charge in [-0.15, -0.1) is 0 Å². The maximum Gasteiger partial charge on any atom is 0.281 e. The van der Waals surface area contributed by atoms with Crippen LogP contribution in [0.15, 0.2) is 0 Å². The molecule has 0 aromatic heterocycles. The number of amides is 3. The third-order valence-electron chi connectivity index (χ3n) is 1.91. The molecule has 0 radical (unpaired) electrons. The van der Waals surface area contributed by atoms with Gasteiger partial charge in [0.1, 0.15) is 0 Å². The minimum Gasteiger partial charge on any atom is -0.368 e. The lowest BCUT2D eigenvalue weighted by Gasteiger charge is -2.13. The number of hydrogen-bond donors (Lipinski definition) is 2. The average Bonchev–Trinajstić information content (AvgIpc) is 2.58. The quantitative estimate of drug-likeness (QED) is 0.644. The second-order valence-electron chi connectivity index (χ2n) is 3.09. The molecule has 0 saturated carbocycles. The van der Waals surface area contributed by atoms with E-state index in [1.807, 2.05) is 0 Å². The van der Waals surface area contributed by atoms with Crippen LogP contribution in [0.2, 0.25) is 0 Å². The summed E-state index contributed by atoms with van der Waals surface area (Å²) in [5, 5.41) is 2.37. The third kappa shape index (κ3) is 4.20. The van der Waals surface area contributed by atoms with Crippen molar-refractivity contribution in [3.05, 3.63) is 0 Å². The zero-order valence-electron chi connectivity index (χ0n) is 8.19. The van der Waals surface area contributed by atoms with Crippen molar-refractivity contribution in [2.24, 2.45) is 5.73 Å². The van der Waals surface area contributed by atoms with Crippen molar-refractivity contribution in [3.63, 3.8) is 0 Å². The van der Waals surface area contributed by atoms with E-state index in [-0.39, 0.29) is 24.1 Å². The molecule has 6 nitrogen and oxygen atoms in total. The molecule has 0 aromatic rings. The Bertz CT molecular complexity index is 282. The largest absolute Gasteiger partial charge is 0.368 e. The fraction of sp³-hybridized carbons (Fsp3) is 0.625. The number of nitrogens with one attached hydrogen (secondary N) is 1. The molecule has 84 valence electrons. The fourth-order valence-corrected chi connectivity index (χ4v) is 1.99. The van der Waals surface area contributed by atoms with Crippen LogP contribution in [-0.4, -0.2) is 47.3 Å². The number of nitrogens with zero attached hydrogens (tertiary/aromatic N) is 1. The topological polar surface area (TPSA) is 92.5 Å². The molecule has 1 fully saturated rings. The van der Waals surface area contributed by atoms with E-state index in [1.54, 1.807) is 4.90 Å². The van der Waals surface area contributed by atoms with Crippen molar-refractivity contribution in [1.82, 2.24) is 10.2 Å². The summed E-state index contributed by atoms with van der Waals surface area (Å²) in [5.74, 6) is -0.0588. The number of hydrogen-bond acceptors (Lipinski definition) is 4. The van der Waals surface area contributed by atoms with E-state index in [9.17, 15) is 14.4 Å². The molecule has 1 aliphatic rings. The van der Waals surface area contributed by atoms with Crippen LogP contribution >= 0.6 is 11.8 Å². The number of carbonyl (C=O) groups is 3. The van der Waals surface area contributed by atoms with E-state index in [4.69, 9.17) is 5.73 Å². The first-order chi connectivity index (χ1) is 7.09. The van der Waals surface area contributed by atoms with E-state index < -0.39 is 5.91 Å². The van der Waals surface area contributed by atoms with Gasteiger partial charge in [-0.05, 0) is 0 Å². The molecule has 0 aromatic carbocycles. The summed E-state index contributed by atoms with van der Waals surface area (Å²) in [5.41, 5.74) is 4.86. The number of nitrogens with two attached hydrogens (primary N) is 1. The van der Waals surface area contributed by atoms with Gasteiger partial charge in [-0.1, -0.05) is 11.8 Å². The van der Waals surface area contributed by atoms with Crippen LogP contribution in [0.25, 0.3) is 0 Å². The summed E-state index contributed by atoms with van der Waals surface area (Å²) in [7, 11) is 0. The molecule has 1 saturated heterocycles. The Morgan fingerprint density at radius 3 is 2.80 bits per heavy atom. The van der Waals surface area contributed by atoms with Crippen molar-refractivity contribution in [3.8, 4) is 0 Å². The molecule has 15 heavy (non-hydrogen) atoms. The number of carbonyl (C=O) groups excluding carboxylic acids is 3. The summed E-state index contributed by atoms with van der Waals surface area (Å²) in [6, 6.07) is 0. The van der Waals surface area contributed by atoms with E-state index in [2.05, 4.69) is 5.32 Å². The first-order valence-electron chi connectivity index (χ1n) is 4.56. The molecular weight excluding hydrogens is 218 g/mol. The van der Waals surface area contributed by atoms with Crippen molar-refractivity contribution >= 4 is 28.8 Å². The first-order valence-corrected chi connectivity index (χ1v) is 5.55. The van der Waals surface area contributed by atoms with Crippen LogP contribution in [0.1, 0.15) is 6.42 Å². The lowest BCUT2D eigenvalue weighted by Crippen LogP contribution is -2.35. The van der Waals surface area contributed by atoms with Crippen molar-refractivity contribution in [1.29, 1.82) is 0 Å². The summed E-state index contributed by atoms with van der Waals surface area (Å²) in [6.45, 7) is 0.935. The van der Waals surface area contributed by atoms with E-state index >= 15 is 0 Å². The maximum atomic E-state index is 11.1. The Hall–Kier alpha value is -1.24. The SMILES string of the molecule is NC(=O)CNC(=O)CCN1CCSC1=O. The van der Waals surface area contributed by atoms with E-state index in [0.29, 0.717) is 13.1 Å². The summed E-state index contributed by atoms with van der Waals surface area (Å²) < 4.78 is 0. The normalized spacial score (nSPS) is 15.5. The Balaban J connectivity index is 2.16. The molecule has 1 aliphatic heterocycles. The van der Waals surface area contributed by atoms with Crippen molar-refractivity contribution in [2.75, 3.05) is 25.4 Å². The average molecular weight is 231 g/mol. The van der Waals surface area contributed by atoms with Gasteiger partial charge in [-0.2, -0.15) is 0 Å². The maximum absolute atomic E-state index is 11.1. The van der Waals surface area contributed by atoms with Crippen LogP contribution in [-0.2, 0) is 9.59 Å².